The Bertz CT molecular complexity index is 589. The van der Waals surface area contributed by atoms with Gasteiger partial charge in [-0.2, -0.15) is 0 Å². The lowest BCUT2D eigenvalue weighted by Crippen LogP contribution is -2.44. The van der Waals surface area contributed by atoms with Crippen molar-refractivity contribution >= 4 is 11.9 Å². The molecular weight excluding hydrogens is 302 g/mol. The number of rotatable bonds is 4. The van der Waals surface area contributed by atoms with E-state index in [1.165, 1.54) is 12.0 Å². The summed E-state index contributed by atoms with van der Waals surface area (Å²) in [6.07, 6.45) is 6.17. The van der Waals surface area contributed by atoms with Gasteiger partial charge < -0.3 is 15.4 Å². The third-order valence-electron chi connectivity index (χ3n) is 4.70. The lowest BCUT2D eigenvalue weighted by molar-refractivity contribution is 0.0120. The summed E-state index contributed by atoms with van der Waals surface area (Å²) >= 11 is 0. The van der Waals surface area contributed by atoms with Crippen LogP contribution in [0.25, 0.3) is 0 Å². The summed E-state index contributed by atoms with van der Waals surface area (Å²) < 4.78 is 5.44. The van der Waals surface area contributed by atoms with Crippen LogP contribution >= 0.6 is 0 Å². The SMILES string of the molecule is CC(C)(C)NC(=O)OC1CC(CCc2ccc3c(n2)NCCC3)C1. The van der Waals surface area contributed by atoms with Crippen molar-refractivity contribution in [2.45, 2.75) is 70.9 Å². The van der Waals surface area contributed by atoms with Crippen LogP contribution in [0.4, 0.5) is 10.6 Å². The molecule has 1 aliphatic carbocycles. The number of hydrogen-bond donors (Lipinski definition) is 2. The number of alkyl carbamates (subject to hydrolysis) is 1. The van der Waals surface area contributed by atoms with E-state index in [-0.39, 0.29) is 17.7 Å². The Morgan fingerprint density at radius 2 is 2.17 bits per heavy atom. The van der Waals surface area contributed by atoms with Gasteiger partial charge in [-0.3, -0.25) is 0 Å². The van der Waals surface area contributed by atoms with Crippen molar-refractivity contribution in [3.63, 3.8) is 0 Å². The van der Waals surface area contributed by atoms with Crippen molar-refractivity contribution in [3.8, 4) is 0 Å². The minimum absolute atomic E-state index is 0.0792. The number of anilines is 1. The van der Waals surface area contributed by atoms with Gasteiger partial charge in [-0.05, 0) is 76.8 Å². The maximum Gasteiger partial charge on any atom is 0.407 e. The van der Waals surface area contributed by atoms with Gasteiger partial charge in [0.2, 0.25) is 0 Å². The molecule has 2 heterocycles. The number of aromatic nitrogens is 1. The molecule has 1 aromatic rings. The van der Waals surface area contributed by atoms with Crippen LogP contribution in [0.1, 0.15) is 57.7 Å². The van der Waals surface area contributed by atoms with E-state index in [0.29, 0.717) is 5.92 Å². The molecule has 2 aliphatic rings. The molecule has 0 aromatic carbocycles. The number of amides is 1. The normalized spacial score (nSPS) is 22.8. The van der Waals surface area contributed by atoms with E-state index in [9.17, 15) is 4.79 Å². The zero-order valence-electron chi connectivity index (χ0n) is 15.0. The van der Waals surface area contributed by atoms with Gasteiger partial charge in [-0.25, -0.2) is 9.78 Å². The number of carbonyl (C=O) groups excluding carboxylic acids is 1. The van der Waals surface area contributed by atoms with Crippen molar-refractivity contribution in [2.24, 2.45) is 5.92 Å². The number of fused-ring (bicyclic) bond motifs is 1. The zero-order valence-corrected chi connectivity index (χ0v) is 15.0. The average Bonchev–Trinajstić information content (AvgIpc) is 2.47. The minimum atomic E-state index is -0.298. The largest absolute Gasteiger partial charge is 0.446 e. The Kier molecular flexibility index (Phi) is 4.97. The third kappa shape index (κ3) is 4.62. The van der Waals surface area contributed by atoms with Gasteiger partial charge in [0.05, 0.1) is 0 Å². The fourth-order valence-corrected chi connectivity index (χ4v) is 3.35. The first-order valence-electron chi connectivity index (χ1n) is 9.10. The van der Waals surface area contributed by atoms with Crippen LogP contribution in [0.3, 0.4) is 0 Å². The Labute approximate surface area is 144 Å². The van der Waals surface area contributed by atoms with Crippen molar-refractivity contribution in [1.29, 1.82) is 0 Å². The number of pyridine rings is 1. The van der Waals surface area contributed by atoms with Gasteiger partial charge in [-0.1, -0.05) is 6.07 Å². The van der Waals surface area contributed by atoms with Crippen molar-refractivity contribution in [3.05, 3.63) is 23.4 Å². The summed E-state index contributed by atoms with van der Waals surface area (Å²) in [5, 5.41) is 6.23. The zero-order chi connectivity index (χ0) is 17.2. The number of ether oxygens (including phenoxy) is 1. The smallest absolute Gasteiger partial charge is 0.407 e. The van der Waals surface area contributed by atoms with Crippen LogP contribution in [-0.2, 0) is 17.6 Å². The standard InChI is InChI=1S/C19H29N3O2/c1-19(2,3)22-18(23)24-16-11-13(12-16)6-8-15-9-7-14-5-4-10-20-17(14)21-15/h7,9,13,16H,4-6,8,10-12H2,1-3H3,(H,20,21)(H,22,23). The quantitative estimate of drug-likeness (QED) is 0.883. The molecule has 1 saturated carbocycles. The van der Waals surface area contributed by atoms with Crippen LogP contribution in [0, 0.1) is 5.92 Å². The number of hydrogen-bond acceptors (Lipinski definition) is 4. The molecule has 132 valence electrons. The maximum absolute atomic E-state index is 11.7. The highest BCUT2D eigenvalue weighted by molar-refractivity contribution is 5.68. The highest BCUT2D eigenvalue weighted by Crippen LogP contribution is 2.34. The highest BCUT2D eigenvalue weighted by Gasteiger charge is 2.32. The van der Waals surface area contributed by atoms with E-state index >= 15 is 0 Å². The molecule has 1 fully saturated rings. The van der Waals surface area contributed by atoms with Gasteiger partial charge in [0.15, 0.2) is 0 Å². The summed E-state index contributed by atoms with van der Waals surface area (Å²) in [5.41, 5.74) is 2.26. The van der Waals surface area contributed by atoms with E-state index in [1.54, 1.807) is 0 Å². The first-order valence-corrected chi connectivity index (χ1v) is 9.10. The minimum Gasteiger partial charge on any atom is -0.446 e. The molecule has 0 radical (unpaired) electrons. The summed E-state index contributed by atoms with van der Waals surface area (Å²) in [6, 6.07) is 4.38. The van der Waals surface area contributed by atoms with Crippen LogP contribution in [-0.4, -0.2) is 29.3 Å². The van der Waals surface area contributed by atoms with Crippen LogP contribution in [0.2, 0.25) is 0 Å². The number of nitrogens with zero attached hydrogens (tertiary/aromatic N) is 1. The Morgan fingerprint density at radius 3 is 2.92 bits per heavy atom. The summed E-state index contributed by atoms with van der Waals surface area (Å²) in [4.78, 5) is 16.5. The lowest BCUT2D eigenvalue weighted by Gasteiger charge is -2.35. The molecule has 5 heteroatoms. The molecule has 2 N–H and O–H groups in total. The monoisotopic (exact) mass is 331 g/mol. The van der Waals surface area contributed by atoms with E-state index in [4.69, 9.17) is 9.72 Å². The number of nitrogens with one attached hydrogen (secondary N) is 2. The molecule has 0 saturated heterocycles. The molecule has 0 atom stereocenters. The molecule has 24 heavy (non-hydrogen) atoms. The van der Waals surface area contributed by atoms with Crippen LogP contribution < -0.4 is 10.6 Å². The van der Waals surface area contributed by atoms with Gasteiger partial charge in [0, 0.05) is 17.8 Å². The Balaban J connectivity index is 1.38. The predicted octanol–water partition coefficient (Wildman–Crippen LogP) is 3.68. The summed E-state index contributed by atoms with van der Waals surface area (Å²) in [6.45, 7) is 6.90. The lowest BCUT2D eigenvalue weighted by atomic mass is 9.79. The first kappa shape index (κ1) is 17.1. The van der Waals surface area contributed by atoms with Gasteiger partial charge >= 0.3 is 6.09 Å². The van der Waals surface area contributed by atoms with Crippen LogP contribution in [0.5, 0.6) is 0 Å². The van der Waals surface area contributed by atoms with Crippen molar-refractivity contribution in [2.75, 3.05) is 11.9 Å². The Hall–Kier alpha value is -1.78. The number of aryl methyl sites for hydroxylation is 2. The molecule has 0 spiro atoms. The maximum atomic E-state index is 11.7. The van der Waals surface area contributed by atoms with E-state index in [1.807, 2.05) is 20.8 Å². The van der Waals surface area contributed by atoms with E-state index < -0.39 is 0 Å². The fourth-order valence-electron chi connectivity index (χ4n) is 3.35. The Morgan fingerprint density at radius 1 is 1.38 bits per heavy atom. The average molecular weight is 331 g/mol. The molecular formula is C19H29N3O2. The first-order chi connectivity index (χ1) is 11.4. The summed E-state index contributed by atoms with van der Waals surface area (Å²) in [5.74, 6) is 1.72. The number of carbonyl (C=O) groups is 1. The van der Waals surface area contributed by atoms with E-state index in [2.05, 4.69) is 22.8 Å². The second-order valence-corrected chi connectivity index (χ2v) is 8.12. The second kappa shape index (κ2) is 6.99. The van der Waals surface area contributed by atoms with Gasteiger partial charge in [0.1, 0.15) is 11.9 Å². The molecule has 0 unspecified atom stereocenters. The molecule has 3 rings (SSSR count). The molecule has 1 aromatic heterocycles. The topological polar surface area (TPSA) is 63.2 Å². The molecule has 1 amide bonds. The highest BCUT2D eigenvalue weighted by atomic mass is 16.6. The van der Waals surface area contributed by atoms with Gasteiger partial charge in [0.25, 0.3) is 0 Å². The molecule has 1 aliphatic heterocycles. The summed E-state index contributed by atoms with van der Waals surface area (Å²) in [7, 11) is 0. The van der Waals surface area contributed by atoms with Crippen LogP contribution in [0.15, 0.2) is 12.1 Å². The third-order valence-corrected chi connectivity index (χ3v) is 4.70. The molecule has 5 nitrogen and oxygen atoms in total. The van der Waals surface area contributed by atoms with Gasteiger partial charge in [-0.15, -0.1) is 0 Å². The molecule has 0 bridgehead atoms. The fraction of sp³-hybridized carbons (Fsp3) is 0.684. The predicted molar refractivity (Wildman–Crippen MR) is 95.3 cm³/mol. The second-order valence-electron chi connectivity index (χ2n) is 8.12. The van der Waals surface area contributed by atoms with Crippen molar-refractivity contribution < 1.29 is 9.53 Å². The van der Waals surface area contributed by atoms with E-state index in [0.717, 1.165) is 50.2 Å². The van der Waals surface area contributed by atoms with Crippen molar-refractivity contribution in [1.82, 2.24) is 10.3 Å².